The number of unbranched alkanes of at least 4 members (excludes halogenated alkanes) is 22. The molecule has 0 aliphatic carbocycles. The maximum absolute atomic E-state index is 12.8. The number of hydrogen-bond donors (Lipinski definition) is 1. The molecule has 0 fully saturated rings. The minimum absolute atomic E-state index is 0.0234. The predicted octanol–water partition coefficient (Wildman–Crippen LogP) is 12.1. The van der Waals surface area contributed by atoms with Gasteiger partial charge in [-0.1, -0.05) is 169 Å². The number of carbonyl (C=O) groups excluding carboxylic acids is 1. The Kier molecular flexibility index (Phi) is 33.7. The molecule has 0 bridgehead atoms. The molecule has 0 aliphatic heterocycles. The van der Waals surface area contributed by atoms with E-state index in [0.717, 1.165) is 38.9 Å². The topological polar surface area (TPSA) is 56.8 Å². The van der Waals surface area contributed by atoms with E-state index in [1.165, 1.54) is 141 Å². The van der Waals surface area contributed by atoms with Crippen molar-refractivity contribution in [2.45, 2.75) is 220 Å². The number of amides is 1. The first-order valence-corrected chi connectivity index (χ1v) is 20.4. The van der Waals surface area contributed by atoms with Gasteiger partial charge in [0.2, 0.25) is 0 Å². The third-order valence-corrected chi connectivity index (χ3v) is 9.25. The molecule has 0 saturated carbocycles. The summed E-state index contributed by atoms with van der Waals surface area (Å²) in [6.45, 7) is 16.0. The van der Waals surface area contributed by atoms with Crippen molar-refractivity contribution in [1.82, 2.24) is 5.32 Å². The van der Waals surface area contributed by atoms with E-state index < -0.39 is 5.60 Å². The van der Waals surface area contributed by atoms with Gasteiger partial charge in [-0.2, -0.15) is 0 Å². The van der Waals surface area contributed by atoms with Crippen LogP contribution in [-0.4, -0.2) is 50.6 Å². The summed E-state index contributed by atoms with van der Waals surface area (Å²) in [5, 5.41) is 3.09. The highest BCUT2D eigenvalue weighted by atomic mass is 16.5. The van der Waals surface area contributed by atoms with Gasteiger partial charge in [0.25, 0.3) is 5.91 Å². The summed E-state index contributed by atoms with van der Waals surface area (Å²) in [7, 11) is 0. The smallest absolute Gasteiger partial charge is 0.251 e. The van der Waals surface area contributed by atoms with Crippen LogP contribution in [-0.2, 0) is 19.0 Å². The molecule has 0 radical (unpaired) electrons. The van der Waals surface area contributed by atoms with E-state index in [-0.39, 0.29) is 12.0 Å². The number of ether oxygens (including phenoxy) is 3. The molecule has 0 aromatic rings. The zero-order chi connectivity index (χ0) is 34.0. The Morgan fingerprint density at radius 1 is 0.565 bits per heavy atom. The van der Waals surface area contributed by atoms with Gasteiger partial charge in [-0.3, -0.25) is 4.79 Å². The zero-order valence-corrected chi connectivity index (χ0v) is 32.2. The van der Waals surface area contributed by atoms with E-state index >= 15 is 0 Å². The van der Waals surface area contributed by atoms with Crippen LogP contribution in [0.3, 0.4) is 0 Å². The molecule has 0 aliphatic rings. The third kappa shape index (κ3) is 31.9. The first-order valence-electron chi connectivity index (χ1n) is 20.4. The molecule has 0 spiro atoms. The van der Waals surface area contributed by atoms with Crippen LogP contribution in [0.2, 0.25) is 0 Å². The quantitative estimate of drug-likeness (QED) is 0.0678. The van der Waals surface area contributed by atoms with Crippen LogP contribution in [0.1, 0.15) is 208 Å². The number of nitrogens with one attached hydrogen (secondary N) is 1. The Bertz CT molecular complexity index is 624. The Hall–Kier alpha value is -0.650. The van der Waals surface area contributed by atoms with Crippen LogP contribution in [0.4, 0.5) is 0 Å². The van der Waals surface area contributed by atoms with E-state index in [2.05, 4.69) is 33.0 Å². The summed E-state index contributed by atoms with van der Waals surface area (Å²) in [6, 6.07) is 0. The van der Waals surface area contributed by atoms with Gasteiger partial charge in [-0.05, 0) is 45.4 Å². The van der Waals surface area contributed by atoms with Crippen LogP contribution >= 0.6 is 0 Å². The normalized spacial score (nSPS) is 12.7. The fourth-order valence-electron chi connectivity index (χ4n) is 5.84. The van der Waals surface area contributed by atoms with E-state index in [1.807, 2.05) is 13.8 Å². The number of hydrogen-bond acceptors (Lipinski definition) is 4. The van der Waals surface area contributed by atoms with Crippen molar-refractivity contribution in [1.29, 1.82) is 0 Å². The monoisotopic (exact) mass is 654 g/mol. The highest BCUT2D eigenvalue weighted by Gasteiger charge is 2.28. The summed E-state index contributed by atoms with van der Waals surface area (Å²) in [5.41, 5.74) is -0.814. The zero-order valence-electron chi connectivity index (χ0n) is 32.2. The highest BCUT2D eigenvalue weighted by Crippen LogP contribution is 2.15. The minimum atomic E-state index is -0.814. The van der Waals surface area contributed by atoms with Gasteiger partial charge in [0.15, 0.2) is 0 Å². The largest absolute Gasteiger partial charge is 0.379 e. The maximum atomic E-state index is 12.8. The van der Waals surface area contributed by atoms with Crippen molar-refractivity contribution in [2.24, 2.45) is 5.92 Å². The second-order valence-corrected chi connectivity index (χ2v) is 14.9. The molecule has 1 atom stereocenters. The summed E-state index contributed by atoms with van der Waals surface area (Å²) in [5.74, 6) is 0.519. The van der Waals surface area contributed by atoms with E-state index in [0.29, 0.717) is 25.7 Å². The summed E-state index contributed by atoms with van der Waals surface area (Å²) in [6.07, 6.45) is 34.2. The molecule has 1 N–H and O–H groups in total. The van der Waals surface area contributed by atoms with Gasteiger partial charge in [0, 0.05) is 26.4 Å². The molecule has 276 valence electrons. The van der Waals surface area contributed by atoms with Gasteiger partial charge in [0.1, 0.15) is 5.60 Å². The lowest BCUT2D eigenvalue weighted by Crippen LogP contribution is -2.45. The second-order valence-electron chi connectivity index (χ2n) is 14.9. The molecule has 1 amide bonds. The van der Waals surface area contributed by atoms with E-state index in [9.17, 15) is 4.79 Å². The molecule has 5 nitrogen and oxygen atoms in total. The Morgan fingerprint density at radius 3 is 1.41 bits per heavy atom. The van der Waals surface area contributed by atoms with Crippen LogP contribution in [0.5, 0.6) is 0 Å². The SMILES string of the molecule is CCCCCCCCCCCCCCOCC(CCNC(=O)C(C)(C)OCCC(C)C)OCCCCCCCCCCCCCC. The van der Waals surface area contributed by atoms with Gasteiger partial charge in [-0.15, -0.1) is 0 Å². The van der Waals surface area contributed by atoms with Gasteiger partial charge >= 0.3 is 0 Å². The maximum Gasteiger partial charge on any atom is 0.251 e. The molecular formula is C41H83NO4. The third-order valence-electron chi connectivity index (χ3n) is 9.25. The standard InChI is InChI=1S/C41H83NO4/c1-7-9-11-13-15-17-19-21-23-25-27-29-34-44-37-39(31-33-42-40(43)41(5,6)46-36-32-38(3)4)45-35-30-28-26-24-22-20-18-16-14-12-10-8-2/h38-39H,7-37H2,1-6H3,(H,42,43). The lowest BCUT2D eigenvalue weighted by atomic mass is 10.1. The number of rotatable bonds is 37. The lowest BCUT2D eigenvalue weighted by molar-refractivity contribution is -0.143. The Labute approximate surface area is 288 Å². The molecule has 0 saturated heterocycles. The van der Waals surface area contributed by atoms with Crippen molar-refractivity contribution in [3.63, 3.8) is 0 Å². The van der Waals surface area contributed by atoms with Crippen LogP contribution in [0, 0.1) is 5.92 Å². The van der Waals surface area contributed by atoms with Crippen LogP contribution in [0.15, 0.2) is 0 Å². The van der Waals surface area contributed by atoms with E-state index in [1.54, 1.807) is 0 Å². The molecule has 46 heavy (non-hydrogen) atoms. The lowest BCUT2D eigenvalue weighted by Gasteiger charge is -2.25. The van der Waals surface area contributed by atoms with Crippen LogP contribution in [0.25, 0.3) is 0 Å². The van der Waals surface area contributed by atoms with Crippen molar-refractivity contribution >= 4 is 5.91 Å². The molecular weight excluding hydrogens is 570 g/mol. The minimum Gasteiger partial charge on any atom is -0.379 e. The molecule has 0 heterocycles. The van der Waals surface area contributed by atoms with Gasteiger partial charge in [0.05, 0.1) is 12.7 Å². The first-order chi connectivity index (χ1) is 22.3. The predicted molar refractivity (Wildman–Crippen MR) is 200 cm³/mol. The van der Waals surface area contributed by atoms with Crippen molar-refractivity contribution < 1.29 is 19.0 Å². The summed E-state index contributed by atoms with van der Waals surface area (Å²) >= 11 is 0. The fourth-order valence-corrected chi connectivity index (χ4v) is 5.84. The molecule has 0 aromatic heterocycles. The average molecular weight is 654 g/mol. The summed E-state index contributed by atoms with van der Waals surface area (Å²) in [4.78, 5) is 12.8. The second kappa shape index (κ2) is 34.2. The Morgan fingerprint density at radius 2 is 0.978 bits per heavy atom. The van der Waals surface area contributed by atoms with Gasteiger partial charge < -0.3 is 19.5 Å². The molecule has 0 rings (SSSR count). The molecule has 1 unspecified atom stereocenters. The summed E-state index contributed by atoms with van der Waals surface area (Å²) < 4.78 is 18.3. The van der Waals surface area contributed by atoms with Crippen molar-refractivity contribution in [3.8, 4) is 0 Å². The Balaban J connectivity index is 4.20. The van der Waals surface area contributed by atoms with Crippen LogP contribution < -0.4 is 5.32 Å². The number of carbonyl (C=O) groups is 1. The van der Waals surface area contributed by atoms with Crippen molar-refractivity contribution in [3.05, 3.63) is 0 Å². The van der Waals surface area contributed by atoms with Gasteiger partial charge in [-0.25, -0.2) is 0 Å². The first kappa shape index (κ1) is 45.3. The van der Waals surface area contributed by atoms with E-state index in [4.69, 9.17) is 14.2 Å². The van der Waals surface area contributed by atoms with Crippen molar-refractivity contribution in [2.75, 3.05) is 33.0 Å². The fraction of sp³-hybridized carbons (Fsp3) is 0.976. The highest BCUT2D eigenvalue weighted by molar-refractivity contribution is 5.84. The average Bonchev–Trinajstić information content (AvgIpc) is 3.02. The molecule has 0 aromatic carbocycles. The molecule has 5 heteroatoms.